The van der Waals surface area contributed by atoms with E-state index in [-0.39, 0.29) is 29.0 Å². The summed E-state index contributed by atoms with van der Waals surface area (Å²) in [6, 6.07) is 34.4. The van der Waals surface area contributed by atoms with Gasteiger partial charge in [-0.3, -0.25) is 24.6 Å². The van der Waals surface area contributed by atoms with E-state index in [2.05, 4.69) is 21.9 Å². The zero-order chi connectivity index (χ0) is 42.1. The second-order valence-electron chi connectivity index (χ2n) is 14.8. The van der Waals surface area contributed by atoms with Crippen LogP contribution < -0.4 is 15.4 Å². The number of carbonyl (C=O) groups is 2. The number of halogens is 1. The Balaban J connectivity index is 1.12. The van der Waals surface area contributed by atoms with Gasteiger partial charge in [-0.05, 0) is 111 Å². The molecule has 0 saturated carbocycles. The summed E-state index contributed by atoms with van der Waals surface area (Å²) in [6.45, 7) is 4.62. The number of primary amides is 1. The Kier molecular flexibility index (Phi) is 14.4. The van der Waals surface area contributed by atoms with E-state index in [0.717, 1.165) is 61.0 Å². The van der Waals surface area contributed by atoms with Crippen LogP contribution in [0.1, 0.15) is 38.3 Å². The molecule has 12 nitrogen and oxygen atoms in total. The molecule has 1 aliphatic rings. The van der Waals surface area contributed by atoms with Gasteiger partial charge in [-0.2, -0.15) is 0 Å². The van der Waals surface area contributed by atoms with Crippen molar-refractivity contribution < 1.29 is 22.9 Å². The van der Waals surface area contributed by atoms with Crippen LogP contribution in [-0.4, -0.2) is 87.5 Å². The minimum absolute atomic E-state index is 0.0596. The number of hydrogen-bond donors (Lipinski definition) is 2. The molecule has 1 heterocycles. The number of nitrogens with two attached hydrogens (primary N) is 1. The lowest BCUT2D eigenvalue weighted by Crippen LogP contribution is -2.46. The van der Waals surface area contributed by atoms with Gasteiger partial charge in [0.25, 0.3) is 21.6 Å². The fourth-order valence-corrected chi connectivity index (χ4v) is 9.33. The molecule has 15 heteroatoms. The van der Waals surface area contributed by atoms with Gasteiger partial charge in [0.2, 0.25) is 5.91 Å². The van der Waals surface area contributed by atoms with Crippen molar-refractivity contribution in [3.63, 3.8) is 0 Å². The van der Waals surface area contributed by atoms with Crippen molar-refractivity contribution in [3.05, 3.63) is 153 Å². The third-order valence-electron chi connectivity index (χ3n) is 10.3. The number of anilines is 1. The molecule has 1 fully saturated rings. The third-order valence-corrected chi connectivity index (χ3v) is 13.1. The summed E-state index contributed by atoms with van der Waals surface area (Å²) in [5, 5.41) is 13.1. The highest BCUT2D eigenvalue weighted by molar-refractivity contribution is 7.99. The molecule has 1 aliphatic heterocycles. The molecule has 59 heavy (non-hydrogen) atoms. The van der Waals surface area contributed by atoms with Crippen molar-refractivity contribution in [3.8, 4) is 11.1 Å². The molecule has 1 atom stereocenters. The van der Waals surface area contributed by atoms with Gasteiger partial charge in [0.05, 0.1) is 15.4 Å². The number of amides is 2. The molecule has 0 aromatic heterocycles. The predicted molar refractivity (Wildman–Crippen MR) is 235 cm³/mol. The first-order valence-corrected chi connectivity index (χ1v) is 22.0. The summed E-state index contributed by atoms with van der Waals surface area (Å²) in [7, 11) is -0.811. The zero-order valence-electron chi connectivity index (χ0n) is 32.9. The highest BCUT2D eigenvalue weighted by Gasteiger charge is 2.30. The second-order valence-corrected chi connectivity index (χ2v) is 18.0. The Labute approximate surface area is 354 Å². The topological polar surface area (TPSA) is 159 Å². The average Bonchev–Trinajstić information content (AvgIpc) is 3.22. The maximum Gasteiger partial charge on any atom is 0.274 e. The molecule has 5 aromatic carbocycles. The lowest BCUT2D eigenvalue weighted by Gasteiger charge is -2.36. The molecule has 2 amide bonds. The SMILES string of the molecule is CN(C)CC[C@H](CSc1ccccc1)Cc1c(C(N)=O)cc(S(=O)(=O)NC(=O)c2ccc(N3CCN(Cc4ccccc4-c4ccc(Cl)cc4)CC3)cc2)cc1[N+](=O)[O-]. The van der Waals surface area contributed by atoms with Crippen LogP contribution in [0.5, 0.6) is 0 Å². The summed E-state index contributed by atoms with van der Waals surface area (Å²) in [5.41, 5.74) is 9.43. The van der Waals surface area contributed by atoms with Crippen LogP contribution in [0, 0.1) is 16.0 Å². The molecule has 0 aliphatic carbocycles. The minimum atomic E-state index is -4.66. The van der Waals surface area contributed by atoms with Gasteiger partial charge in [0.15, 0.2) is 0 Å². The second kappa shape index (κ2) is 19.7. The lowest BCUT2D eigenvalue weighted by molar-refractivity contribution is -0.385. The smallest absolute Gasteiger partial charge is 0.274 e. The molecule has 6 rings (SSSR count). The number of nitro benzene ring substituents is 1. The highest BCUT2D eigenvalue weighted by atomic mass is 35.5. The minimum Gasteiger partial charge on any atom is -0.369 e. The maximum absolute atomic E-state index is 13.6. The van der Waals surface area contributed by atoms with Crippen molar-refractivity contribution in [1.82, 2.24) is 14.5 Å². The Morgan fingerprint density at radius 3 is 2.22 bits per heavy atom. The highest BCUT2D eigenvalue weighted by Crippen LogP contribution is 2.33. The van der Waals surface area contributed by atoms with Crippen molar-refractivity contribution in [2.45, 2.75) is 29.2 Å². The van der Waals surface area contributed by atoms with Crippen molar-refractivity contribution >= 4 is 56.6 Å². The molecule has 3 N–H and O–H groups in total. The first-order valence-electron chi connectivity index (χ1n) is 19.2. The molecular formula is C44H47ClN6O6S2. The summed E-state index contributed by atoms with van der Waals surface area (Å²) in [6.07, 6.45) is 0.781. The van der Waals surface area contributed by atoms with Gasteiger partial charge in [-0.15, -0.1) is 11.8 Å². The van der Waals surface area contributed by atoms with E-state index in [1.807, 2.05) is 90.4 Å². The standard InChI is InChI=1S/C44H47ClN6O6S2/c1-48(2)21-20-31(30-58-37-9-4-3-5-10-37)26-40-41(43(46)52)27-38(28-42(40)51(54)55)59(56,57)47-44(53)33-14-18-36(19-15-33)50-24-22-49(23-25-50)29-34-8-6-7-11-39(34)32-12-16-35(45)17-13-32/h3-19,27-28,31H,20-26,29-30H2,1-2H3,(H2,46,52)(H,47,53)/t31-/m0/s1. The Morgan fingerprint density at radius 1 is 0.915 bits per heavy atom. The monoisotopic (exact) mass is 854 g/mol. The molecule has 0 spiro atoms. The number of carbonyl (C=O) groups excluding carboxylic acids is 2. The van der Waals surface area contributed by atoms with Crippen LogP contribution >= 0.6 is 23.4 Å². The van der Waals surface area contributed by atoms with Gasteiger partial charge < -0.3 is 15.5 Å². The largest absolute Gasteiger partial charge is 0.369 e. The quantitative estimate of drug-likeness (QED) is 0.0550. The molecule has 0 unspecified atom stereocenters. The van der Waals surface area contributed by atoms with E-state index < -0.39 is 37.3 Å². The molecule has 0 bridgehead atoms. The third kappa shape index (κ3) is 11.5. The fraction of sp³-hybridized carbons (Fsp3) is 0.273. The summed E-state index contributed by atoms with van der Waals surface area (Å²) in [5.74, 6) is -1.45. The van der Waals surface area contributed by atoms with Crippen molar-refractivity contribution in [2.75, 3.05) is 57.5 Å². The Morgan fingerprint density at radius 2 is 1.58 bits per heavy atom. The first-order chi connectivity index (χ1) is 28.3. The van der Waals surface area contributed by atoms with Gasteiger partial charge in [0, 0.05) is 71.3 Å². The van der Waals surface area contributed by atoms with E-state index in [4.69, 9.17) is 17.3 Å². The van der Waals surface area contributed by atoms with Crippen LogP contribution in [0.15, 0.2) is 125 Å². The van der Waals surface area contributed by atoms with Crippen molar-refractivity contribution in [1.29, 1.82) is 0 Å². The van der Waals surface area contributed by atoms with E-state index >= 15 is 0 Å². The van der Waals surface area contributed by atoms with E-state index in [9.17, 15) is 28.1 Å². The summed E-state index contributed by atoms with van der Waals surface area (Å²) >= 11 is 7.71. The van der Waals surface area contributed by atoms with Gasteiger partial charge >= 0.3 is 0 Å². The number of rotatable bonds is 17. The predicted octanol–water partition coefficient (Wildman–Crippen LogP) is 7.36. The number of nitrogens with zero attached hydrogens (tertiary/aromatic N) is 4. The number of nitro groups is 1. The molecule has 5 aromatic rings. The van der Waals surface area contributed by atoms with Crippen molar-refractivity contribution in [2.24, 2.45) is 11.7 Å². The maximum atomic E-state index is 13.6. The molecule has 1 saturated heterocycles. The van der Waals surface area contributed by atoms with Gasteiger partial charge in [-0.25, -0.2) is 13.1 Å². The first kappa shape index (κ1) is 43.3. The van der Waals surface area contributed by atoms with Crippen LogP contribution in [0.3, 0.4) is 0 Å². The normalized spacial score (nSPS) is 13.9. The van der Waals surface area contributed by atoms with Gasteiger partial charge in [-0.1, -0.05) is 66.2 Å². The number of hydrogen-bond acceptors (Lipinski definition) is 10. The summed E-state index contributed by atoms with van der Waals surface area (Å²) < 4.78 is 29.2. The zero-order valence-corrected chi connectivity index (χ0v) is 35.3. The number of nitrogens with one attached hydrogen (secondary N) is 1. The van der Waals surface area contributed by atoms with Crippen LogP contribution in [0.4, 0.5) is 11.4 Å². The Bertz CT molecular complexity index is 2340. The van der Waals surface area contributed by atoms with E-state index in [1.54, 1.807) is 23.9 Å². The fourth-order valence-electron chi connectivity index (χ4n) is 7.13. The number of benzene rings is 5. The molecule has 308 valence electrons. The number of thioether (sulfide) groups is 1. The average molecular weight is 855 g/mol. The molecular weight excluding hydrogens is 808 g/mol. The van der Waals surface area contributed by atoms with Crippen LogP contribution in [0.25, 0.3) is 11.1 Å². The summed E-state index contributed by atoms with van der Waals surface area (Å²) in [4.78, 5) is 44.8. The van der Waals surface area contributed by atoms with E-state index in [0.29, 0.717) is 23.7 Å². The number of piperazine rings is 1. The number of sulfonamides is 1. The lowest BCUT2D eigenvalue weighted by atomic mass is 9.92. The Hall–Kier alpha value is -5.25. The van der Waals surface area contributed by atoms with Crippen LogP contribution in [-0.2, 0) is 23.0 Å². The molecule has 0 radical (unpaired) electrons. The van der Waals surface area contributed by atoms with Crippen LogP contribution in [0.2, 0.25) is 5.02 Å². The van der Waals surface area contributed by atoms with E-state index in [1.165, 1.54) is 23.3 Å². The van der Waals surface area contributed by atoms with Gasteiger partial charge in [0.1, 0.15) is 0 Å².